The minimum Gasteiger partial charge on any atom is -0.497 e. The molecule has 0 spiro atoms. The Hall–Kier alpha value is -2.81. The molecule has 0 N–H and O–H groups in total. The topological polar surface area (TPSA) is 39.4 Å². The molecule has 25 heavy (non-hydrogen) atoms. The minimum absolute atomic E-state index is 0.249. The summed E-state index contributed by atoms with van der Waals surface area (Å²) in [7, 11) is 1.62. The molecular formula is C22H22O3. The van der Waals surface area contributed by atoms with Gasteiger partial charge in [0.1, 0.15) is 11.5 Å². The van der Waals surface area contributed by atoms with E-state index in [0.29, 0.717) is 11.3 Å². The van der Waals surface area contributed by atoms with Gasteiger partial charge in [-0.25, -0.2) is 4.79 Å². The lowest BCUT2D eigenvalue weighted by atomic mass is 9.89. The number of methoxy groups -OCH3 is 1. The molecule has 2 aromatic carbocycles. The summed E-state index contributed by atoms with van der Waals surface area (Å²) in [6, 6.07) is 19.4. The lowest BCUT2D eigenvalue weighted by Crippen LogP contribution is -2.16. The van der Waals surface area contributed by atoms with Gasteiger partial charge in [-0.05, 0) is 29.3 Å². The van der Waals surface area contributed by atoms with Crippen LogP contribution in [0.1, 0.15) is 26.5 Å². The molecule has 0 aliphatic carbocycles. The van der Waals surface area contributed by atoms with Gasteiger partial charge in [-0.15, -0.1) is 0 Å². The van der Waals surface area contributed by atoms with Crippen LogP contribution in [0.25, 0.3) is 22.3 Å². The first-order chi connectivity index (χ1) is 11.9. The molecule has 0 bridgehead atoms. The van der Waals surface area contributed by atoms with E-state index < -0.39 is 0 Å². The van der Waals surface area contributed by atoms with E-state index in [1.807, 2.05) is 81.4 Å². The van der Waals surface area contributed by atoms with Gasteiger partial charge in [-0.1, -0.05) is 63.2 Å². The van der Waals surface area contributed by atoms with Gasteiger partial charge in [0.15, 0.2) is 0 Å². The van der Waals surface area contributed by atoms with Gasteiger partial charge in [0, 0.05) is 11.0 Å². The van der Waals surface area contributed by atoms with E-state index in [1.54, 1.807) is 7.11 Å². The first kappa shape index (κ1) is 17.0. The lowest BCUT2D eigenvalue weighted by Gasteiger charge is -2.19. The summed E-state index contributed by atoms with van der Waals surface area (Å²) in [5.74, 6) is 1.43. The SMILES string of the molecule is COc1ccc(-c2c(-c3ccccc3)cc(C(C)(C)C)oc2=O)cc1. The van der Waals surface area contributed by atoms with E-state index in [4.69, 9.17) is 9.15 Å². The van der Waals surface area contributed by atoms with Crippen molar-refractivity contribution in [2.75, 3.05) is 7.11 Å². The molecule has 1 aromatic heterocycles. The average molecular weight is 334 g/mol. The first-order valence-electron chi connectivity index (χ1n) is 8.28. The molecule has 0 aliphatic heterocycles. The summed E-state index contributed by atoms with van der Waals surface area (Å²) < 4.78 is 10.9. The third kappa shape index (κ3) is 3.50. The van der Waals surface area contributed by atoms with Gasteiger partial charge < -0.3 is 9.15 Å². The third-order valence-corrected chi connectivity index (χ3v) is 4.15. The van der Waals surface area contributed by atoms with Crippen LogP contribution in [0.5, 0.6) is 5.75 Å². The van der Waals surface area contributed by atoms with E-state index in [1.165, 1.54) is 0 Å². The molecule has 3 nitrogen and oxygen atoms in total. The van der Waals surface area contributed by atoms with Crippen LogP contribution < -0.4 is 10.4 Å². The predicted octanol–water partition coefficient (Wildman–Crippen LogP) is 5.28. The van der Waals surface area contributed by atoms with Gasteiger partial charge in [0.25, 0.3) is 0 Å². The summed E-state index contributed by atoms with van der Waals surface area (Å²) >= 11 is 0. The molecule has 0 unspecified atom stereocenters. The average Bonchev–Trinajstić information content (AvgIpc) is 2.61. The monoisotopic (exact) mass is 334 g/mol. The maximum atomic E-state index is 12.8. The Bertz CT molecular complexity index is 914. The van der Waals surface area contributed by atoms with Crippen molar-refractivity contribution in [2.24, 2.45) is 0 Å². The normalized spacial score (nSPS) is 11.4. The molecule has 3 aromatic rings. The molecule has 1 heterocycles. The van der Waals surface area contributed by atoms with Crippen molar-refractivity contribution in [2.45, 2.75) is 26.2 Å². The summed E-state index contributed by atoms with van der Waals surface area (Å²) in [6.45, 7) is 6.10. The van der Waals surface area contributed by atoms with E-state index >= 15 is 0 Å². The highest BCUT2D eigenvalue weighted by molar-refractivity contribution is 5.82. The van der Waals surface area contributed by atoms with Crippen LogP contribution in [0.4, 0.5) is 0 Å². The van der Waals surface area contributed by atoms with Crippen LogP contribution in [0.15, 0.2) is 69.9 Å². The zero-order valence-electron chi connectivity index (χ0n) is 15.0. The molecule has 128 valence electrons. The Morgan fingerprint density at radius 3 is 2.08 bits per heavy atom. The van der Waals surface area contributed by atoms with Crippen molar-refractivity contribution >= 4 is 0 Å². The third-order valence-electron chi connectivity index (χ3n) is 4.15. The van der Waals surface area contributed by atoms with Gasteiger partial charge >= 0.3 is 5.63 Å². The quantitative estimate of drug-likeness (QED) is 0.654. The molecule has 0 atom stereocenters. The van der Waals surface area contributed by atoms with Gasteiger partial charge in [0.05, 0.1) is 12.7 Å². The predicted molar refractivity (Wildman–Crippen MR) is 101 cm³/mol. The van der Waals surface area contributed by atoms with Gasteiger partial charge in [-0.2, -0.15) is 0 Å². The van der Waals surface area contributed by atoms with Crippen LogP contribution in [0.3, 0.4) is 0 Å². The van der Waals surface area contributed by atoms with Crippen LogP contribution in [-0.4, -0.2) is 7.11 Å². The molecule has 3 rings (SSSR count). The molecule has 0 amide bonds. The van der Waals surface area contributed by atoms with E-state index in [-0.39, 0.29) is 11.0 Å². The van der Waals surface area contributed by atoms with Gasteiger partial charge in [-0.3, -0.25) is 0 Å². The van der Waals surface area contributed by atoms with Gasteiger partial charge in [0.2, 0.25) is 0 Å². The summed E-state index contributed by atoms with van der Waals surface area (Å²) in [5, 5.41) is 0. The van der Waals surface area contributed by atoms with Crippen molar-refractivity contribution in [3.05, 3.63) is 76.8 Å². The maximum absolute atomic E-state index is 12.8. The summed E-state index contributed by atoms with van der Waals surface area (Å²) in [6.07, 6.45) is 0. The van der Waals surface area contributed by atoms with Crippen molar-refractivity contribution < 1.29 is 9.15 Å². The van der Waals surface area contributed by atoms with Crippen molar-refractivity contribution in [1.82, 2.24) is 0 Å². The largest absolute Gasteiger partial charge is 0.497 e. The Kier molecular flexibility index (Phi) is 4.49. The molecule has 0 fully saturated rings. The Balaban J connectivity index is 2.28. The van der Waals surface area contributed by atoms with Crippen LogP contribution >= 0.6 is 0 Å². The lowest BCUT2D eigenvalue weighted by molar-refractivity contribution is 0.379. The smallest absolute Gasteiger partial charge is 0.344 e. The van der Waals surface area contributed by atoms with Crippen molar-refractivity contribution in [3.63, 3.8) is 0 Å². The highest BCUT2D eigenvalue weighted by atomic mass is 16.5. The zero-order chi connectivity index (χ0) is 18.0. The first-order valence-corrected chi connectivity index (χ1v) is 8.28. The van der Waals surface area contributed by atoms with Crippen molar-refractivity contribution in [3.8, 4) is 28.0 Å². The number of rotatable bonds is 3. The Morgan fingerprint density at radius 1 is 0.880 bits per heavy atom. The van der Waals surface area contributed by atoms with E-state index in [9.17, 15) is 4.79 Å². The second-order valence-electron chi connectivity index (χ2n) is 7.03. The minimum atomic E-state index is -0.323. The number of benzene rings is 2. The molecule has 3 heteroatoms. The molecule has 0 radical (unpaired) electrons. The fourth-order valence-corrected chi connectivity index (χ4v) is 2.74. The second kappa shape index (κ2) is 6.60. The van der Waals surface area contributed by atoms with Crippen molar-refractivity contribution in [1.29, 1.82) is 0 Å². The highest BCUT2D eigenvalue weighted by Crippen LogP contribution is 2.34. The Morgan fingerprint density at radius 2 is 1.52 bits per heavy atom. The standard InChI is InChI=1S/C22H22O3/c1-22(2,3)19-14-18(15-8-6-5-7-9-15)20(21(23)25-19)16-10-12-17(24-4)13-11-16/h5-14H,1-4H3. The number of hydrogen-bond donors (Lipinski definition) is 0. The maximum Gasteiger partial charge on any atom is 0.344 e. The summed E-state index contributed by atoms with van der Waals surface area (Å²) in [4.78, 5) is 12.8. The number of ether oxygens (including phenoxy) is 1. The molecular weight excluding hydrogens is 312 g/mol. The molecule has 0 aliphatic rings. The Labute approximate surface area is 147 Å². The van der Waals surface area contributed by atoms with Crippen LogP contribution in [0.2, 0.25) is 0 Å². The second-order valence-corrected chi connectivity index (χ2v) is 7.03. The summed E-state index contributed by atoms with van der Waals surface area (Å²) in [5.41, 5.74) is 2.69. The zero-order valence-corrected chi connectivity index (χ0v) is 15.0. The molecule has 0 saturated heterocycles. The molecule has 0 saturated carbocycles. The van der Waals surface area contributed by atoms with Crippen LogP contribution in [0, 0.1) is 0 Å². The highest BCUT2D eigenvalue weighted by Gasteiger charge is 2.22. The number of hydrogen-bond acceptors (Lipinski definition) is 3. The van der Waals surface area contributed by atoms with Crippen LogP contribution in [-0.2, 0) is 5.41 Å². The van der Waals surface area contributed by atoms with E-state index in [0.717, 1.165) is 22.4 Å². The fourth-order valence-electron chi connectivity index (χ4n) is 2.74. The fraction of sp³-hybridized carbons (Fsp3) is 0.227. The van der Waals surface area contributed by atoms with E-state index in [2.05, 4.69) is 0 Å².